The molecule has 0 aliphatic rings. The lowest BCUT2D eigenvalue weighted by Crippen LogP contribution is -2.50. The zero-order valence-corrected chi connectivity index (χ0v) is 12.8. The van der Waals surface area contributed by atoms with Crippen molar-refractivity contribution in [1.29, 1.82) is 0 Å². The van der Waals surface area contributed by atoms with Crippen LogP contribution in [0.2, 0.25) is 0 Å². The highest BCUT2D eigenvalue weighted by Gasteiger charge is 2.23. The Balaban J connectivity index is 2.65. The van der Waals surface area contributed by atoms with Gasteiger partial charge in [0, 0.05) is 5.69 Å². The van der Waals surface area contributed by atoms with Crippen molar-refractivity contribution < 1.29 is 24.2 Å². The number of hydrogen-bond acceptors (Lipinski definition) is 5. The molecule has 0 saturated carbocycles. The molecule has 0 saturated heterocycles. The zero-order chi connectivity index (χ0) is 16.8. The fraction of sp³-hybridized carbons (Fsp3) is 0.400. The van der Waals surface area contributed by atoms with E-state index in [1.807, 2.05) is 0 Å². The summed E-state index contributed by atoms with van der Waals surface area (Å²) in [7, 11) is 0. The molecule has 0 fully saturated rings. The predicted octanol–water partition coefficient (Wildman–Crippen LogP) is 0.689. The van der Waals surface area contributed by atoms with Gasteiger partial charge in [-0.15, -0.1) is 0 Å². The van der Waals surface area contributed by atoms with Crippen LogP contribution in [0.15, 0.2) is 24.3 Å². The molecule has 1 aromatic carbocycles. The Morgan fingerprint density at radius 3 is 2.23 bits per heavy atom. The number of ether oxygens (including phenoxy) is 1. The molecule has 2 amide bonds. The van der Waals surface area contributed by atoms with Crippen molar-refractivity contribution in [3.05, 3.63) is 29.8 Å². The second-order valence-corrected chi connectivity index (χ2v) is 5.25. The number of hydrogen-bond donors (Lipinski definition) is 3. The van der Waals surface area contributed by atoms with E-state index in [0.717, 1.165) is 0 Å². The molecule has 0 atom stereocenters. The fourth-order valence-electron chi connectivity index (χ4n) is 1.50. The number of nitrogens with one attached hydrogen (secondary N) is 2. The molecule has 22 heavy (non-hydrogen) atoms. The van der Waals surface area contributed by atoms with Crippen LogP contribution in [0.25, 0.3) is 0 Å². The quantitative estimate of drug-likeness (QED) is 0.548. The Morgan fingerprint density at radius 1 is 1.14 bits per heavy atom. The van der Waals surface area contributed by atoms with E-state index in [4.69, 9.17) is 9.84 Å². The lowest BCUT2D eigenvalue weighted by Gasteiger charge is -2.22. The van der Waals surface area contributed by atoms with Crippen molar-refractivity contribution in [2.75, 3.05) is 18.5 Å². The molecule has 0 aromatic heterocycles. The van der Waals surface area contributed by atoms with Crippen molar-refractivity contribution in [2.24, 2.45) is 0 Å². The highest BCUT2D eigenvalue weighted by molar-refractivity contribution is 6.39. The minimum Gasteiger partial charge on any atom is -0.462 e. The van der Waals surface area contributed by atoms with Gasteiger partial charge in [-0.05, 0) is 45.0 Å². The average molecular weight is 308 g/mol. The largest absolute Gasteiger partial charge is 0.462 e. The van der Waals surface area contributed by atoms with Gasteiger partial charge in [-0.1, -0.05) is 0 Å². The number of amides is 2. The number of rotatable bonds is 5. The SMILES string of the molecule is CCOC(=O)c1ccc(NC(=O)C(=O)NC(C)(C)CO)cc1. The van der Waals surface area contributed by atoms with E-state index in [9.17, 15) is 14.4 Å². The summed E-state index contributed by atoms with van der Waals surface area (Å²) in [4.78, 5) is 34.9. The van der Waals surface area contributed by atoms with Crippen LogP contribution in [0.5, 0.6) is 0 Å². The van der Waals surface area contributed by atoms with Crippen LogP contribution in [0.4, 0.5) is 5.69 Å². The average Bonchev–Trinajstić information content (AvgIpc) is 2.47. The Labute approximate surface area is 128 Å². The van der Waals surface area contributed by atoms with Gasteiger partial charge in [0.15, 0.2) is 0 Å². The molecule has 0 unspecified atom stereocenters. The molecular weight excluding hydrogens is 288 g/mol. The van der Waals surface area contributed by atoms with Gasteiger partial charge in [-0.25, -0.2) is 4.79 Å². The van der Waals surface area contributed by atoms with Crippen LogP contribution in [0, 0.1) is 0 Å². The van der Waals surface area contributed by atoms with Gasteiger partial charge in [-0.3, -0.25) is 9.59 Å². The molecule has 0 aliphatic heterocycles. The molecule has 0 spiro atoms. The summed E-state index contributed by atoms with van der Waals surface area (Å²) >= 11 is 0. The Kier molecular flexibility index (Phi) is 6.06. The molecule has 7 nitrogen and oxygen atoms in total. The molecular formula is C15H20N2O5. The van der Waals surface area contributed by atoms with Crippen LogP contribution in [0.1, 0.15) is 31.1 Å². The normalized spacial score (nSPS) is 10.7. The Morgan fingerprint density at radius 2 is 1.73 bits per heavy atom. The molecule has 0 bridgehead atoms. The van der Waals surface area contributed by atoms with Crippen LogP contribution in [-0.4, -0.2) is 41.6 Å². The Hall–Kier alpha value is -2.41. The maximum absolute atomic E-state index is 11.7. The second kappa shape index (κ2) is 7.56. The molecule has 1 rings (SSSR count). The molecule has 3 N–H and O–H groups in total. The molecule has 0 radical (unpaired) electrons. The van der Waals surface area contributed by atoms with Crippen LogP contribution >= 0.6 is 0 Å². The van der Waals surface area contributed by atoms with E-state index >= 15 is 0 Å². The number of esters is 1. The lowest BCUT2D eigenvalue weighted by atomic mass is 10.1. The summed E-state index contributed by atoms with van der Waals surface area (Å²) in [6.07, 6.45) is 0. The number of carbonyl (C=O) groups is 3. The highest BCUT2D eigenvalue weighted by atomic mass is 16.5. The zero-order valence-electron chi connectivity index (χ0n) is 12.8. The maximum atomic E-state index is 11.7. The number of aliphatic hydroxyl groups excluding tert-OH is 1. The number of aliphatic hydroxyl groups is 1. The van der Waals surface area contributed by atoms with Gasteiger partial charge in [0.1, 0.15) is 0 Å². The summed E-state index contributed by atoms with van der Waals surface area (Å²) in [5, 5.41) is 13.8. The fourth-order valence-corrected chi connectivity index (χ4v) is 1.50. The maximum Gasteiger partial charge on any atom is 0.338 e. The predicted molar refractivity (Wildman–Crippen MR) is 80.3 cm³/mol. The van der Waals surface area contributed by atoms with Gasteiger partial charge < -0.3 is 20.5 Å². The third-order valence-corrected chi connectivity index (χ3v) is 2.71. The summed E-state index contributed by atoms with van der Waals surface area (Å²) in [5.74, 6) is -2.17. The first-order valence-electron chi connectivity index (χ1n) is 6.80. The van der Waals surface area contributed by atoms with E-state index in [1.54, 1.807) is 20.8 Å². The van der Waals surface area contributed by atoms with E-state index in [2.05, 4.69) is 10.6 Å². The van der Waals surface area contributed by atoms with Crippen molar-refractivity contribution in [2.45, 2.75) is 26.3 Å². The highest BCUT2D eigenvalue weighted by Crippen LogP contribution is 2.11. The smallest absolute Gasteiger partial charge is 0.338 e. The van der Waals surface area contributed by atoms with E-state index in [1.165, 1.54) is 24.3 Å². The molecule has 1 aromatic rings. The standard InChI is InChI=1S/C15H20N2O5/c1-4-22-14(21)10-5-7-11(8-6-10)16-12(19)13(20)17-15(2,3)9-18/h5-8,18H,4,9H2,1-3H3,(H,16,19)(H,17,20). The first kappa shape index (κ1) is 17.6. The van der Waals surface area contributed by atoms with Gasteiger partial charge in [0.05, 0.1) is 24.3 Å². The summed E-state index contributed by atoms with van der Waals surface area (Å²) in [6, 6.07) is 5.97. The van der Waals surface area contributed by atoms with Crippen molar-refractivity contribution in [3.63, 3.8) is 0 Å². The van der Waals surface area contributed by atoms with Crippen LogP contribution in [0.3, 0.4) is 0 Å². The van der Waals surface area contributed by atoms with Crippen molar-refractivity contribution in [3.8, 4) is 0 Å². The number of anilines is 1. The number of benzene rings is 1. The van der Waals surface area contributed by atoms with E-state index < -0.39 is 23.3 Å². The first-order valence-corrected chi connectivity index (χ1v) is 6.80. The number of carbonyl (C=O) groups excluding carboxylic acids is 3. The van der Waals surface area contributed by atoms with Gasteiger partial charge in [-0.2, -0.15) is 0 Å². The summed E-state index contributed by atoms with van der Waals surface area (Å²) in [6.45, 7) is 4.87. The lowest BCUT2D eigenvalue weighted by molar-refractivity contribution is -0.137. The molecule has 120 valence electrons. The third-order valence-electron chi connectivity index (χ3n) is 2.71. The minimum atomic E-state index is -0.887. The van der Waals surface area contributed by atoms with Gasteiger partial charge >= 0.3 is 17.8 Å². The van der Waals surface area contributed by atoms with Crippen LogP contribution < -0.4 is 10.6 Å². The molecule has 0 aliphatic carbocycles. The first-order chi connectivity index (χ1) is 10.3. The second-order valence-electron chi connectivity index (χ2n) is 5.25. The molecule has 0 heterocycles. The summed E-state index contributed by atoms with van der Waals surface area (Å²) in [5.41, 5.74) is -0.164. The van der Waals surface area contributed by atoms with Crippen molar-refractivity contribution >= 4 is 23.5 Å². The van der Waals surface area contributed by atoms with Crippen molar-refractivity contribution in [1.82, 2.24) is 5.32 Å². The topological polar surface area (TPSA) is 105 Å². The minimum absolute atomic E-state index is 0.276. The third kappa shape index (κ3) is 5.17. The van der Waals surface area contributed by atoms with E-state index in [0.29, 0.717) is 11.3 Å². The van der Waals surface area contributed by atoms with Gasteiger partial charge in [0.2, 0.25) is 0 Å². The molecule has 7 heteroatoms. The Bertz CT molecular complexity index is 552. The summed E-state index contributed by atoms with van der Waals surface area (Å²) < 4.78 is 4.84. The van der Waals surface area contributed by atoms with E-state index in [-0.39, 0.29) is 13.2 Å². The van der Waals surface area contributed by atoms with Gasteiger partial charge in [0.25, 0.3) is 0 Å². The monoisotopic (exact) mass is 308 g/mol. The van der Waals surface area contributed by atoms with Crippen LogP contribution in [-0.2, 0) is 14.3 Å².